The van der Waals surface area contributed by atoms with Crippen molar-refractivity contribution in [3.05, 3.63) is 33.8 Å². The van der Waals surface area contributed by atoms with E-state index in [2.05, 4.69) is 64.9 Å². The Hall–Kier alpha value is -0.420. The number of nitrogens with two attached hydrogens (primary N) is 1. The molecule has 2 rings (SSSR count). The van der Waals surface area contributed by atoms with E-state index >= 15 is 0 Å². The average Bonchev–Trinajstić information content (AvgIpc) is 2.45. The lowest BCUT2D eigenvalue weighted by Gasteiger charge is -2.38. The molecule has 118 valence electrons. The molecule has 2 N–H and O–H groups in total. The van der Waals surface area contributed by atoms with Gasteiger partial charge in [-0.15, -0.1) is 0 Å². The predicted octanol–water partition coefficient (Wildman–Crippen LogP) is 3.03. The highest BCUT2D eigenvalue weighted by molar-refractivity contribution is 9.10. The molecule has 4 heteroatoms. The molecule has 1 aromatic carbocycles. The van der Waals surface area contributed by atoms with Crippen molar-refractivity contribution in [2.24, 2.45) is 11.7 Å². The Morgan fingerprint density at radius 1 is 1.33 bits per heavy atom. The van der Waals surface area contributed by atoms with Crippen LogP contribution in [0.1, 0.15) is 30.0 Å². The lowest BCUT2D eigenvalue weighted by atomic mass is 9.93. The number of piperidine rings is 1. The van der Waals surface area contributed by atoms with Crippen molar-refractivity contribution in [3.63, 3.8) is 0 Å². The van der Waals surface area contributed by atoms with Crippen LogP contribution in [0.2, 0.25) is 0 Å². The third kappa shape index (κ3) is 4.52. The molecule has 1 heterocycles. The third-order valence-corrected chi connectivity index (χ3v) is 5.39. The minimum Gasteiger partial charge on any atom is -0.329 e. The van der Waals surface area contributed by atoms with Gasteiger partial charge < -0.3 is 10.6 Å². The van der Waals surface area contributed by atoms with Gasteiger partial charge in [-0.1, -0.05) is 28.1 Å². The van der Waals surface area contributed by atoms with Gasteiger partial charge in [-0.05, 0) is 70.1 Å². The first-order valence-corrected chi connectivity index (χ1v) is 8.65. The maximum Gasteiger partial charge on any atom is 0.0470 e. The zero-order valence-electron chi connectivity index (χ0n) is 13.5. The highest BCUT2D eigenvalue weighted by Gasteiger charge is 2.25. The van der Waals surface area contributed by atoms with Gasteiger partial charge in [0.1, 0.15) is 0 Å². The smallest absolute Gasteiger partial charge is 0.0470 e. The summed E-state index contributed by atoms with van der Waals surface area (Å²) in [5, 5.41) is 0. The van der Waals surface area contributed by atoms with Crippen LogP contribution in [0.5, 0.6) is 0 Å². The topological polar surface area (TPSA) is 32.5 Å². The number of halogens is 1. The standard InChI is InChI=1S/C17H28BrN3/c1-13-10-15(4-5-16(13)18)17(11-19)21-8-6-14(7-9-21)12-20(2)3/h4-5,10,14,17H,6-9,11-12,19H2,1-3H3. The van der Waals surface area contributed by atoms with Gasteiger partial charge in [-0.2, -0.15) is 0 Å². The van der Waals surface area contributed by atoms with E-state index < -0.39 is 0 Å². The third-order valence-electron chi connectivity index (χ3n) is 4.50. The molecule has 0 amide bonds. The molecule has 1 unspecified atom stereocenters. The molecule has 0 bridgehead atoms. The Morgan fingerprint density at radius 2 is 2.00 bits per heavy atom. The summed E-state index contributed by atoms with van der Waals surface area (Å²) < 4.78 is 1.17. The molecule has 21 heavy (non-hydrogen) atoms. The monoisotopic (exact) mass is 353 g/mol. The molecule has 1 aliphatic rings. The fourth-order valence-electron chi connectivity index (χ4n) is 3.33. The fourth-order valence-corrected chi connectivity index (χ4v) is 3.58. The maximum atomic E-state index is 6.08. The maximum absolute atomic E-state index is 6.08. The van der Waals surface area contributed by atoms with Crippen LogP contribution in [0.3, 0.4) is 0 Å². The largest absolute Gasteiger partial charge is 0.329 e. The quantitative estimate of drug-likeness (QED) is 0.882. The van der Waals surface area contributed by atoms with Crippen molar-refractivity contribution in [1.29, 1.82) is 0 Å². The van der Waals surface area contributed by atoms with Crippen molar-refractivity contribution in [1.82, 2.24) is 9.80 Å². The molecule has 0 aliphatic carbocycles. The van der Waals surface area contributed by atoms with E-state index in [1.807, 2.05) is 0 Å². The van der Waals surface area contributed by atoms with E-state index in [1.54, 1.807) is 0 Å². The van der Waals surface area contributed by atoms with Crippen molar-refractivity contribution in [2.45, 2.75) is 25.8 Å². The van der Waals surface area contributed by atoms with E-state index in [-0.39, 0.29) is 0 Å². The highest BCUT2D eigenvalue weighted by atomic mass is 79.9. The van der Waals surface area contributed by atoms with Gasteiger partial charge >= 0.3 is 0 Å². The van der Waals surface area contributed by atoms with E-state index in [0.29, 0.717) is 12.6 Å². The van der Waals surface area contributed by atoms with Crippen LogP contribution in [-0.2, 0) is 0 Å². The molecule has 0 saturated carbocycles. The van der Waals surface area contributed by atoms with Crippen molar-refractivity contribution >= 4 is 15.9 Å². The van der Waals surface area contributed by atoms with Gasteiger partial charge in [0.2, 0.25) is 0 Å². The number of aryl methyl sites for hydroxylation is 1. The van der Waals surface area contributed by atoms with Crippen molar-refractivity contribution < 1.29 is 0 Å². The number of likely N-dealkylation sites (tertiary alicyclic amines) is 1. The zero-order chi connectivity index (χ0) is 15.4. The summed E-state index contributed by atoms with van der Waals surface area (Å²) in [5.41, 5.74) is 8.71. The van der Waals surface area contributed by atoms with Gasteiger partial charge in [0, 0.05) is 23.6 Å². The molecule has 3 nitrogen and oxygen atoms in total. The SMILES string of the molecule is Cc1cc(C(CN)N2CCC(CN(C)C)CC2)ccc1Br. The summed E-state index contributed by atoms with van der Waals surface area (Å²) in [6.07, 6.45) is 2.56. The molecule has 1 fully saturated rings. The Labute approximate surface area is 137 Å². The first-order valence-electron chi connectivity index (χ1n) is 7.86. The number of hydrogen-bond acceptors (Lipinski definition) is 3. The lowest BCUT2D eigenvalue weighted by Crippen LogP contribution is -2.41. The Kier molecular flexibility index (Phi) is 6.23. The van der Waals surface area contributed by atoms with Crippen LogP contribution in [-0.4, -0.2) is 50.1 Å². The normalized spacial score (nSPS) is 19.1. The summed E-state index contributed by atoms with van der Waals surface area (Å²) in [6.45, 7) is 6.37. The molecule has 0 radical (unpaired) electrons. The molecule has 1 atom stereocenters. The Bertz CT molecular complexity index is 453. The van der Waals surface area contributed by atoms with E-state index in [9.17, 15) is 0 Å². The number of benzene rings is 1. The van der Waals surface area contributed by atoms with Gasteiger partial charge in [0.25, 0.3) is 0 Å². The molecule has 0 aromatic heterocycles. The van der Waals surface area contributed by atoms with Crippen LogP contribution < -0.4 is 5.73 Å². The summed E-state index contributed by atoms with van der Waals surface area (Å²) >= 11 is 3.58. The van der Waals surface area contributed by atoms with Gasteiger partial charge in [-0.25, -0.2) is 0 Å². The van der Waals surface area contributed by atoms with Crippen LogP contribution in [0.4, 0.5) is 0 Å². The molecule has 1 aliphatic heterocycles. The van der Waals surface area contributed by atoms with Crippen LogP contribution in [0.25, 0.3) is 0 Å². The fraction of sp³-hybridized carbons (Fsp3) is 0.647. The summed E-state index contributed by atoms with van der Waals surface area (Å²) in [7, 11) is 4.33. The molecule has 1 saturated heterocycles. The van der Waals surface area contributed by atoms with E-state index in [1.165, 1.54) is 35.0 Å². The molecule has 1 aromatic rings. The van der Waals surface area contributed by atoms with Gasteiger partial charge in [0.15, 0.2) is 0 Å². The van der Waals surface area contributed by atoms with Crippen molar-refractivity contribution in [2.75, 3.05) is 40.3 Å². The Balaban J connectivity index is 2.00. The lowest BCUT2D eigenvalue weighted by molar-refractivity contribution is 0.122. The zero-order valence-corrected chi connectivity index (χ0v) is 15.1. The second-order valence-corrected chi connectivity index (χ2v) is 7.36. The number of hydrogen-bond donors (Lipinski definition) is 1. The van der Waals surface area contributed by atoms with E-state index in [4.69, 9.17) is 5.73 Å². The molecular formula is C17H28BrN3. The first-order chi connectivity index (χ1) is 10.0. The summed E-state index contributed by atoms with van der Waals surface area (Å²) in [6, 6.07) is 6.98. The van der Waals surface area contributed by atoms with Crippen LogP contribution in [0, 0.1) is 12.8 Å². The number of nitrogens with zero attached hydrogens (tertiary/aromatic N) is 2. The van der Waals surface area contributed by atoms with Crippen LogP contribution >= 0.6 is 15.9 Å². The predicted molar refractivity (Wildman–Crippen MR) is 93.5 cm³/mol. The second-order valence-electron chi connectivity index (χ2n) is 6.50. The van der Waals surface area contributed by atoms with E-state index in [0.717, 1.165) is 19.0 Å². The Morgan fingerprint density at radius 3 is 2.52 bits per heavy atom. The van der Waals surface area contributed by atoms with Crippen molar-refractivity contribution in [3.8, 4) is 0 Å². The molecular weight excluding hydrogens is 326 g/mol. The first kappa shape index (κ1) is 16.9. The molecule has 0 spiro atoms. The second kappa shape index (κ2) is 7.73. The number of rotatable bonds is 5. The highest BCUT2D eigenvalue weighted by Crippen LogP contribution is 2.28. The van der Waals surface area contributed by atoms with Gasteiger partial charge in [0.05, 0.1) is 0 Å². The summed E-state index contributed by atoms with van der Waals surface area (Å²) in [5.74, 6) is 0.835. The van der Waals surface area contributed by atoms with Gasteiger partial charge in [-0.3, -0.25) is 4.90 Å². The minimum atomic E-state index is 0.358. The van der Waals surface area contributed by atoms with Crippen LogP contribution in [0.15, 0.2) is 22.7 Å². The average molecular weight is 354 g/mol. The summed E-state index contributed by atoms with van der Waals surface area (Å²) in [4.78, 5) is 4.87. The minimum absolute atomic E-state index is 0.358.